The topological polar surface area (TPSA) is 53.1 Å². The van der Waals surface area contributed by atoms with Crippen LogP contribution in [0.2, 0.25) is 0 Å². The van der Waals surface area contributed by atoms with E-state index in [0.717, 1.165) is 4.90 Å². The van der Waals surface area contributed by atoms with Gasteiger partial charge in [0.15, 0.2) is 4.96 Å². The molecule has 0 saturated carbocycles. The number of halogens is 3. The van der Waals surface area contributed by atoms with E-state index in [0.29, 0.717) is 4.90 Å². The summed E-state index contributed by atoms with van der Waals surface area (Å²) in [5.41, 5.74) is -0.479. The lowest BCUT2D eigenvalue weighted by Gasteiger charge is -2.34. The van der Waals surface area contributed by atoms with Crippen molar-refractivity contribution < 1.29 is 18.8 Å². The highest BCUT2D eigenvalue weighted by Crippen LogP contribution is 2.22. The Kier molecular flexibility index (Phi) is 8.71. The molecule has 1 aromatic carbocycles. The van der Waals surface area contributed by atoms with Crippen LogP contribution in [0, 0.1) is 5.41 Å². The van der Waals surface area contributed by atoms with E-state index in [9.17, 15) is 14.1 Å². The predicted molar refractivity (Wildman–Crippen MR) is 107 cm³/mol. The SMILES string of the molecule is CCN(F)C(=S)N(C(=O)N(CC(C)(C)C)C(=O)Oc1ccccc1)C(Cl)Cl. The van der Waals surface area contributed by atoms with Gasteiger partial charge in [0.25, 0.3) is 0 Å². The molecule has 0 aliphatic carbocycles. The minimum absolute atomic E-state index is 0.0322. The average Bonchev–Trinajstić information content (AvgIpc) is 2.58. The van der Waals surface area contributed by atoms with Gasteiger partial charge >= 0.3 is 12.1 Å². The molecule has 0 bridgehead atoms. The molecular weight excluding hydrogens is 416 g/mol. The second-order valence-corrected chi connectivity index (χ2v) is 8.13. The van der Waals surface area contributed by atoms with Gasteiger partial charge in [-0.2, -0.15) is 5.12 Å². The maximum absolute atomic E-state index is 13.9. The number of rotatable bonds is 4. The summed E-state index contributed by atoms with van der Waals surface area (Å²) in [7, 11) is 0. The van der Waals surface area contributed by atoms with Crippen molar-refractivity contribution in [2.24, 2.45) is 5.41 Å². The highest BCUT2D eigenvalue weighted by molar-refractivity contribution is 7.80. The summed E-state index contributed by atoms with van der Waals surface area (Å²) in [4.78, 5) is 25.5. The molecule has 0 heterocycles. The van der Waals surface area contributed by atoms with Crippen LogP contribution < -0.4 is 4.74 Å². The first-order chi connectivity index (χ1) is 12.5. The molecule has 1 rings (SSSR count). The molecule has 0 atom stereocenters. The molecule has 10 heteroatoms. The molecule has 1 aromatic rings. The van der Waals surface area contributed by atoms with Crippen LogP contribution in [-0.2, 0) is 0 Å². The Morgan fingerprint density at radius 1 is 1.22 bits per heavy atom. The van der Waals surface area contributed by atoms with Crippen LogP contribution in [0.5, 0.6) is 5.75 Å². The van der Waals surface area contributed by atoms with Crippen molar-refractivity contribution in [3.63, 3.8) is 0 Å². The van der Waals surface area contributed by atoms with Crippen molar-refractivity contribution in [3.8, 4) is 5.75 Å². The molecule has 0 unspecified atom stereocenters. The molecule has 6 nitrogen and oxygen atoms in total. The maximum Gasteiger partial charge on any atom is 0.423 e. The number of urea groups is 1. The number of benzene rings is 1. The van der Waals surface area contributed by atoms with E-state index in [-0.39, 0.29) is 24.0 Å². The third kappa shape index (κ3) is 7.12. The molecule has 0 fully saturated rings. The van der Waals surface area contributed by atoms with Gasteiger partial charge in [0.05, 0.1) is 6.54 Å². The van der Waals surface area contributed by atoms with Crippen LogP contribution in [0.25, 0.3) is 0 Å². The molecule has 0 aliphatic rings. The highest BCUT2D eigenvalue weighted by atomic mass is 35.5. The third-order valence-electron chi connectivity index (χ3n) is 3.12. The maximum atomic E-state index is 13.9. The Morgan fingerprint density at radius 3 is 2.22 bits per heavy atom. The van der Waals surface area contributed by atoms with Crippen molar-refractivity contribution in [2.75, 3.05) is 13.1 Å². The molecule has 27 heavy (non-hydrogen) atoms. The Balaban J connectivity index is 3.17. The lowest BCUT2D eigenvalue weighted by atomic mass is 9.96. The molecule has 0 aliphatic heterocycles. The number of hydrogen-bond donors (Lipinski definition) is 0. The molecule has 0 radical (unpaired) electrons. The summed E-state index contributed by atoms with van der Waals surface area (Å²) in [6, 6.07) is 7.24. The van der Waals surface area contributed by atoms with Crippen molar-refractivity contribution in [1.82, 2.24) is 14.9 Å². The fourth-order valence-corrected chi connectivity index (χ4v) is 2.74. The first kappa shape index (κ1) is 23.4. The Hall–Kier alpha value is -1.64. The molecule has 0 N–H and O–H groups in total. The van der Waals surface area contributed by atoms with Crippen molar-refractivity contribution >= 4 is 52.7 Å². The summed E-state index contributed by atoms with van der Waals surface area (Å²) in [5, 5.41) is -0.424. The Bertz CT molecular complexity index is 671. The highest BCUT2D eigenvalue weighted by Gasteiger charge is 2.37. The van der Waals surface area contributed by atoms with Gasteiger partial charge < -0.3 is 4.74 Å². The third-order valence-corrected chi connectivity index (χ3v) is 3.91. The largest absolute Gasteiger partial charge is 0.423 e. The quantitative estimate of drug-likeness (QED) is 0.280. The minimum Gasteiger partial charge on any atom is -0.410 e. The van der Waals surface area contributed by atoms with Crippen molar-refractivity contribution in [1.29, 1.82) is 0 Å². The summed E-state index contributed by atoms with van der Waals surface area (Å²) in [6.07, 6.45) is -0.954. The van der Waals surface area contributed by atoms with E-state index < -0.39 is 27.6 Å². The summed E-state index contributed by atoms with van der Waals surface area (Å²) < 4.78 is 19.1. The summed E-state index contributed by atoms with van der Waals surface area (Å²) in [5.74, 6) is 0.248. The Labute approximate surface area is 173 Å². The lowest BCUT2D eigenvalue weighted by Crippen LogP contribution is -2.55. The van der Waals surface area contributed by atoms with Crippen molar-refractivity contribution in [3.05, 3.63) is 30.3 Å². The number of amides is 3. The Morgan fingerprint density at radius 2 is 1.78 bits per heavy atom. The van der Waals surface area contributed by atoms with Gasteiger partial charge in [-0.1, -0.05) is 66.7 Å². The van der Waals surface area contributed by atoms with Gasteiger partial charge in [-0.15, -0.1) is 0 Å². The first-order valence-electron chi connectivity index (χ1n) is 8.11. The van der Waals surface area contributed by atoms with Gasteiger partial charge in [-0.3, -0.25) is 0 Å². The van der Waals surface area contributed by atoms with E-state index >= 15 is 0 Å². The molecule has 3 amide bonds. The zero-order valence-corrected chi connectivity index (χ0v) is 17.8. The van der Waals surface area contributed by atoms with Gasteiger partial charge in [0, 0.05) is 6.54 Å². The first-order valence-corrected chi connectivity index (χ1v) is 9.39. The fourth-order valence-electron chi connectivity index (χ4n) is 1.96. The second kappa shape index (κ2) is 10.1. The summed E-state index contributed by atoms with van der Waals surface area (Å²) in [6.45, 7) is 6.78. The number of alkyl halides is 2. The van der Waals surface area contributed by atoms with E-state index in [1.807, 2.05) is 20.8 Å². The van der Waals surface area contributed by atoms with Gasteiger partial charge in [-0.25, -0.2) is 19.4 Å². The monoisotopic (exact) mass is 437 g/mol. The predicted octanol–water partition coefficient (Wildman–Crippen LogP) is 5.21. The molecule has 0 spiro atoms. The zero-order chi connectivity index (χ0) is 20.8. The second-order valence-electron chi connectivity index (χ2n) is 6.72. The fraction of sp³-hybridized carbons (Fsp3) is 0.471. The van der Waals surface area contributed by atoms with Gasteiger partial charge in [0.1, 0.15) is 5.75 Å². The molecule has 0 aromatic heterocycles. The molecule has 150 valence electrons. The van der Waals surface area contributed by atoms with Gasteiger partial charge in [-0.05, 0) is 36.7 Å². The normalized spacial score (nSPS) is 11.1. The van der Waals surface area contributed by atoms with Crippen molar-refractivity contribution in [2.45, 2.75) is 32.7 Å². The van der Waals surface area contributed by atoms with Crippen LogP contribution in [0.1, 0.15) is 27.7 Å². The van der Waals surface area contributed by atoms with E-state index in [2.05, 4.69) is 0 Å². The van der Waals surface area contributed by atoms with E-state index in [1.54, 1.807) is 30.3 Å². The smallest absolute Gasteiger partial charge is 0.410 e. The average molecular weight is 438 g/mol. The molecule has 0 saturated heterocycles. The number of para-hydroxylation sites is 1. The number of carbonyl (C=O) groups is 2. The standard InChI is InChI=1S/C17H22Cl2FN3O3S/c1-5-22(20)15(27)23(13(18)19)14(24)21(11-17(2,3)4)16(25)26-12-9-7-6-8-10-12/h6-10,13H,5,11H2,1-4H3. The van der Waals surface area contributed by atoms with E-state index in [4.69, 9.17) is 40.2 Å². The van der Waals surface area contributed by atoms with Crippen LogP contribution >= 0.6 is 35.4 Å². The summed E-state index contributed by atoms with van der Waals surface area (Å²) >= 11 is 16.6. The lowest BCUT2D eigenvalue weighted by molar-refractivity contribution is 0.101. The number of nitrogens with zero attached hydrogens (tertiary/aromatic N) is 3. The van der Waals surface area contributed by atoms with Gasteiger partial charge in [0.2, 0.25) is 5.11 Å². The number of imide groups is 1. The zero-order valence-electron chi connectivity index (χ0n) is 15.5. The number of thiocarbonyl (C=S) groups is 1. The van der Waals surface area contributed by atoms with Crippen LogP contribution in [0.3, 0.4) is 0 Å². The van der Waals surface area contributed by atoms with Crippen LogP contribution in [0.4, 0.5) is 14.1 Å². The number of ether oxygens (including phenoxy) is 1. The molecular formula is C17H22Cl2FN3O3S. The van der Waals surface area contributed by atoms with Crippen LogP contribution in [-0.4, -0.2) is 50.2 Å². The van der Waals surface area contributed by atoms with E-state index in [1.165, 1.54) is 6.92 Å². The number of hydrogen-bond acceptors (Lipinski definition) is 4. The van der Waals surface area contributed by atoms with Crippen LogP contribution in [0.15, 0.2) is 30.3 Å². The minimum atomic E-state index is -1.50. The number of carbonyl (C=O) groups excluding carboxylic acids is 2.